The summed E-state index contributed by atoms with van der Waals surface area (Å²) < 4.78 is 0. The molecule has 2 amide bonds. The first-order valence-electron chi connectivity index (χ1n) is 9.06. The van der Waals surface area contributed by atoms with Crippen LogP contribution in [0.25, 0.3) is 0 Å². The molecule has 2 N–H and O–H groups in total. The molecular weight excluding hydrogens is 338 g/mol. The lowest BCUT2D eigenvalue weighted by atomic mass is 9.95. The largest absolute Gasteiger partial charge is 0.353 e. The smallest absolute Gasteiger partial charge is 0.241 e. The number of carbonyl (C=O) groups is 2. The fourth-order valence-corrected chi connectivity index (χ4v) is 3.42. The van der Waals surface area contributed by atoms with E-state index in [1.54, 1.807) is 0 Å². The highest BCUT2D eigenvalue weighted by Gasteiger charge is 2.32. The molecule has 1 aliphatic heterocycles. The van der Waals surface area contributed by atoms with E-state index in [4.69, 9.17) is 11.6 Å². The summed E-state index contributed by atoms with van der Waals surface area (Å²) in [6.07, 6.45) is 3.86. The lowest BCUT2D eigenvalue weighted by Crippen LogP contribution is -2.48. The van der Waals surface area contributed by atoms with Gasteiger partial charge in [0.1, 0.15) is 0 Å². The summed E-state index contributed by atoms with van der Waals surface area (Å²) in [6, 6.07) is 5.69. The molecule has 0 spiro atoms. The zero-order valence-corrected chi connectivity index (χ0v) is 15.6. The summed E-state index contributed by atoms with van der Waals surface area (Å²) >= 11 is 6.11. The van der Waals surface area contributed by atoms with E-state index in [1.807, 2.05) is 32.0 Å². The summed E-state index contributed by atoms with van der Waals surface area (Å²) in [5.41, 5.74) is 1.63. The number of nitrogens with one attached hydrogen (secondary N) is 2. The molecule has 3 rings (SSSR count). The number of benzene rings is 1. The molecule has 1 atom stereocenters. The van der Waals surface area contributed by atoms with E-state index in [1.165, 1.54) is 0 Å². The SMILES string of the molecule is Cc1c(Cl)cccc1NC(=O)C(C)N1CCC(C(=O)NC2CC2)CC1. The number of hydrogen-bond acceptors (Lipinski definition) is 3. The van der Waals surface area contributed by atoms with Crippen LogP contribution < -0.4 is 10.6 Å². The van der Waals surface area contributed by atoms with Crippen LogP contribution in [0.2, 0.25) is 5.02 Å². The van der Waals surface area contributed by atoms with Crippen LogP contribution in [0.1, 0.15) is 38.2 Å². The number of rotatable bonds is 5. The maximum Gasteiger partial charge on any atom is 0.241 e. The maximum absolute atomic E-state index is 12.6. The zero-order valence-electron chi connectivity index (χ0n) is 14.8. The van der Waals surface area contributed by atoms with Crippen molar-refractivity contribution in [2.45, 2.75) is 51.6 Å². The van der Waals surface area contributed by atoms with Crippen molar-refractivity contribution in [3.05, 3.63) is 28.8 Å². The van der Waals surface area contributed by atoms with Gasteiger partial charge in [0.05, 0.1) is 6.04 Å². The standard InChI is InChI=1S/C19H26ClN3O2/c1-12-16(20)4-3-5-17(12)22-18(24)13(2)23-10-8-14(9-11-23)19(25)21-15-6-7-15/h3-5,13-15H,6-11H2,1-2H3,(H,21,25)(H,22,24). The lowest BCUT2D eigenvalue weighted by Gasteiger charge is -2.34. The molecule has 1 heterocycles. The summed E-state index contributed by atoms with van der Waals surface area (Å²) in [7, 11) is 0. The van der Waals surface area contributed by atoms with Gasteiger partial charge >= 0.3 is 0 Å². The molecule has 1 aliphatic carbocycles. The summed E-state index contributed by atoms with van der Waals surface area (Å²) in [4.78, 5) is 26.9. The third-order valence-electron chi connectivity index (χ3n) is 5.28. The molecule has 1 unspecified atom stereocenters. The Morgan fingerprint density at radius 2 is 1.88 bits per heavy atom. The molecule has 1 saturated carbocycles. The molecule has 6 heteroatoms. The quantitative estimate of drug-likeness (QED) is 0.845. The normalized spacial score (nSPS) is 20.1. The minimum absolute atomic E-state index is 0.0359. The number of hydrogen-bond donors (Lipinski definition) is 2. The fraction of sp³-hybridized carbons (Fsp3) is 0.579. The van der Waals surface area contributed by atoms with Crippen LogP contribution in [0.3, 0.4) is 0 Å². The molecule has 2 fully saturated rings. The van der Waals surface area contributed by atoms with Gasteiger partial charge in [-0.15, -0.1) is 0 Å². The molecular formula is C19H26ClN3O2. The van der Waals surface area contributed by atoms with Crippen LogP contribution in [-0.2, 0) is 9.59 Å². The molecule has 136 valence electrons. The van der Waals surface area contributed by atoms with Crippen LogP contribution in [-0.4, -0.2) is 41.9 Å². The number of halogens is 1. The second-order valence-electron chi connectivity index (χ2n) is 7.17. The Bertz CT molecular complexity index is 652. The van der Waals surface area contributed by atoms with Gasteiger partial charge in [-0.05, 0) is 70.3 Å². The highest BCUT2D eigenvalue weighted by atomic mass is 35.5. The average Bonchev–Trinajstić information content (AvgIpc) is 3.42. The van der Waals surface area contributed by atoms with Crippen molar-refractivity contribution in [1.29, 1.82) is 0 Å². The Morgan fingerprint density at radius 1 is 1.20 bits per heavy atom. The predicted octanol–water partition coefficient (Wildman–Crippen LogP) is 2.97. The fourth-order valence-electron chi connectivity index (χ4n) is 3.24. The Labute approximate surface area is 154 Å². The average molecular weight is 364 g/mol. The topological polar surface area (TPSA) is 61.4 Å². The van der Waals surface area contributed by atoms with Gasteiger partial charge in [0.25, 0.3) is 0 Å². The second-order valence-corrected chi connectivity index (χ2v) is 7.58. The highest BCUT2D eigenvalue weighted by molar-refractivity contribution is 6.31. The second kappa shape index (κ2) is 7.75. The zero-order chi connectivity index (χ0) is 18.0. The van der Waals surface area contributed by atoms with Crippen molar-refractivity contribution in [3.63, 3.8) is 0 Å². The van der Waals surface area contributed by atoms with Crippen molar-refractivity contribution in [3.8, 4) is 0 Å². The van der Waals surface area contributed by atoms with Gasteiger partial charge in [-0.25, -0.2) is 0 Å². The van der Waals surface area contributed by atoms with Crippen molar-refractivity contribution in [2.24, 2.45) is 5.92 Å². The van der Waals surface area contributed by atoms with Gasteiger partial charge < -0.3 is 10.6 Å². The van der Waals surface area contributed by atoms with Crippen molar-refractivity contribution in [1.82, 2.24) is 10.2 Å². The molecule has 1 aromatic rings. The van der Waals surface area contributed by atoms with Gasteiger partial charge in [0, 0.05) is 22.7 Å². The van der Waals surface area contributed by atoms with Crippen LogP contribution in [0.4, 0.5) is 5.69 Å². The van der Waals surface area contributed by atoms with Gasteiger partial charge in [-0.1, -0.05) is 17.7 Å². The molecule has 5 nitrogen and oxygen atoms in total. The van der Waals surface area contributed by atoms with E-state index in [0.717, 1.165) is 50.0 Å². The Kier molecular flexibility index (Phi) is 5.64. The first kappa shape index (κ1) is 18.2. The summed E-state index contributed by atoms with van der Waals surface area (Å²) in [5.74, 6) is 0.238. The van der Waals surface area contributed by atoms with Crippen molar-refractivity contribution >= 4 is 29.1 Å². The van der Waals surface area contributed by atoms with E-state index >= 15 is 0 Å². The third kappa shape index (κ3) is 4.53. The van der Waals surface area contributed by atoms with Crippen LogP contribution in [0.5, 0.6) is 0 Å². The molecule has 0 radical (unpaired) electrons. The molecule has 2 aliphatic rings. The molecule has 1 aromatic carbocycles. The van der Waals surface area contributed by atoms with Crippen molar-refractivity contribution < 1.29 is 9.59 Å². The lowest BCUT2D eigenvalue weighted by molar-refractivity contribution is -0.127. The van der Waals surface area contributed by atoms with E-state index in [9.17, 15) is 9.59 Å². The number of anilines is 1. The number of likely N-dealkylation sites (tertiary alicyclic amines) is 1. The molecule has 0 bridgehead atoms. The number of carbonyl (C=O) groups excluding carboxylic acids is 2. The summed E-state index contributed by atoms with van der Waals surface area (Å²) in [5, 5.41) is 6.70. The number of nitrogens with zero attached hydrogens (tertiary/aromatic N) is 1. The molecule has 1 saturated heterocycles. The first-order chi connectivity index (χ1) is 12.0. The first-order valence-corrected chi connectivity index (χ1v) is 9.44. The summed E-state index contributed by atoms with van der Waals surface area (Å²) in [6.45, 7) is 5.35. The van der Waals surface area contributed by atoms with Gasteiger partial charge in [-0.2, -0.15) is 0 Å². The Hall–Kier alpha value is -1.59. The van der Waals surface area contributed by atoms with E-state index in [2.05, 4.69) is 15.5 Å². The molecule has 0 aromatic heterocycles. The van der Waals surface area contributed by atoms with Crippen LogP contribution in [0.15, 0.2) is 18.2 Å². The monoisotopic (exact) mass is 363 g/mol. The minimum Gasteiger partial charge on any atom is -0.353 e. The molecule has 25 heavy (non-hydrogen) atoms. The van der Waals surface area contributed by atoms with E-state index in [0.29, 0.717) is 11.1 Å². The maximum atomic E-state index is 12.6. The third-order valence-corrected chi connectivity index (χ3v) is 5.69. The van der Waals surface area contributed by atoms with Crippen LogP contribution >= 0.6 is 11.6 Å². The van der Waals surface area contributed by atoms with Gasteiger partial charge in [-0.3, -0.25) is 14.5 Å². The Morgan fingerprint density at radius 3 is 2.52 bits per heavy atom. The van der Waals surface area contributed by atoms with E-state index in [-0.39, 0.29) is 23.8 Å². The number of piperidine rings is 1. The number of amides is 2. The predicted molar refractivity (Wildman–Crippen MR) is 99.7 cm³/mol. The van der Waals surface area contributed by atoms with Gasteiger partial charge in [0.15, 0.2) is 0 Å². The minimum atomic E-state index is -0.231. The van der Waals surface area contributed by atoms with Crippen molar-refractivity contribution in [2.75, 3.05) is 18.4 Å². The van der Waals surface area contributed by atoms with E-state index < -0.39 is 0 Å². The van der Waals surface area contributed by atoms with Crippen LogP contribution in [0, 0.1) is 12.8 Å². The highest BCUT2D eigenvalue weighted by Crippen LogP contribution is 2.25. The van der Waals surface area contributed by atoms with Gasteiger partial charge in [0.2, 0.25) is 11.8 Å². The Balaban J connectivity index is 1.51.